The molecule has 6 aliphatic rings. The summed E-state index contributed by atoms with van der Waals surface area (Å²) in [5, 5.41) is 82.0. The van der Waals surface area contributed by atoms with Crippen LogP contribution in [-0.4, -0.2) is 157 Å². The maximum Gasteiger partial charge on any atom is 0.296 e. The zero-order valence-corrected chi connectivity index (χ0v) is 71.6. The van der Waals surface area contributed by atoms with Crippen LogP contribution in [0.5, 0.6) is 0 Å². The number of nitrogens with zero attached hydrogens (tertiary/aromatic N) is 8. The number of nitrogens with two attached hydrogens (primary N) is 2. The maximum absolute atomic E-state index is 15.0. The first-order chi connectivity index (χ1) is 60.7. The predicted molar refractivity (Wildman–Crippen MR) is 463 cm³/mol. The zero-order chi connectivity index (χ0) is 90.0. The number of hydrogen-bond acceptors (Lipinski definition) is 40. The Hall–Kier alpha value is -11.7. The van der Waals surface area contributed by atoms with Crippen molar-refractivity contribution in [3.05, 3.63) is 212 Å². The Morgan fingerprint density at radius 3 is 1.31 bits per heavy atom. The minimum absolute atomic E-state index is 0.0153. The van der Waals surface area contributed by atoms with Gasteiger partial charge in [-0.2, -0.15) is 55.2 Å². The lowest BCUT2D eigenvalue weighted by Crippen LogP contribution is -2.41. The highest BCUT2D eigenvalue weighted by Gasteiger charge is 2.46. The SMILES string of the molecule is CC1CC(CC2CCC(Nc3nc(N)nc(Nc4cc(Nc5ccc6c7c5C(=O)c5ccccc5C7=C(C(=O)c5cccc(SOOO)c5)C(O)N6C)c(SOOO)cc4S(=O)(=O)O)n3)C(C)C2)CCC1Nc1nc(N)nc(Nc2cc(Nc3ccc4c5c3C(=O)c3ccccc3C5=C(C(=O)c3cccc(S(=O)(=O)O)c3)C(O)N4C)c(S(=O)(=O)O)cc2SOOO)n1. The number of Topliss-reactive ketones (excluding diaryl/α,β-unsaturated/α-hetero) is 2. The van der Waals surface area contributed by atoms with Crippen LogP contribution in [0.4, 0.5) is 81.2 Å². The van der Waals surface area contributed by atoms with Crippen molar-refractivity contribution in [3.8, 4) is 0 Å². The van der Waals surface area contributed by atoms with Gasteiger partial charge in [0.25, 0.3) is 30.4 Å². The average molecular weight is 1850 g/mol. The van der Waals surface area contributed by atoms with E-state index in [2.05, 4.69) is 95.1 Å². The average Bonchev–Trinajstić information content (AvgIpc) is 0.707. The van der Waals surface area contributed by atoms with Crippen LogP contribution in [0.2, 0.25) is 0 Å². The van der Waals surface area contributed by atoms with Gasteiger partial charge in [-0.3, -0.25) is 32.8 Å². The van der Waals surface area contributed by atoms with E-state index in [1.807, 2.05) is 0 Å². The summed E-state index contributed by atoms with van der Waals surface area (Å²) in [6.45, 7) is 4.22. The van der Waals surface area contributed by atoms with Crippen molar-refractivity contribution in [2.75, 3.05) is 67.3 Å². The van der Waals surface area contributed by atoms with Crippen LogP contribution in [0.1, 0.15) is 134 Å². The second-order valence-electron chi connectivity index (χ2n) is 30.8. The molecular weight excluding hydrogens is 1770 g/mol. The summed E-state index contributed by atoms with van der Waals surface area (Å²) < 4.78 is 124. The van der Waals surface area contributed by atoms with Crippen molar-refractivity contribution in [1.29, 1.82) is 0 Å². The topological polar surface area (TPSA) is 596 Å². The second kappa shape index (κ2) is 35.8. The van der Waals surface area contributed by atoms with Crippen molar-refractivity contribution in [2.45, 2.75) is 113 Å². The minimum atomic E-state index is -5.21. The number of carbonyl (C=O) groups excluding carboxylic acids is 4. The molecule has 2 aliphatic heterocycles. The van der Waals surface area contributed by atoms with Gasteiger partial charge in [-0.05, 0) is 153 Å². The van der Waals surface area contributed by atoms with Crippen molar-refractivity contribution >= 4 is 182 Å². The number of nitrogens with one attached hydrogen (secondary N) is 6. The number of ketones is 4. The van der Waals surface area contributed by atoms with Crippen LogP contribution in [-0.2, 0) is 58.5 Å². The van der Waals surface area contributed by atoms with Crippen LogP contribution >= 0.6 is 36.1 Å². The molecule has 0 saturated heterocycles. The van der Waals surface area contributed by atoms with Gasteiger partial charge in [0.15, 0.2) is 35.6 Å². The Kier molecular flexibility index (Phi) is 25.0. The molecule has 10 aromatic rings. The quantitative estimate of drug-likeness (QED) is 0.00653. The van der Waals surface area contributed by atoms with E-state index in [9.17, 15) is 74.0 Å². The van der Waals surface area contributed by atoms with Crippen LogP contribution < -0.4 is 53.2 Å². The van der Waals surface area contributed by atoms with E-state index in [0.717, 1.165) is 56.4 Å². The third-order valence-corrected chi connectivity index (χ3v) is 27.6. The third-order valence-electron chi connectivity index (χ3n) is 23.1. The van der Waals surface area contributed by atoms with Gasteiger partial charge in [0.05, 0.1) is 107 Å². The van der Waals surface area contributed by atoms with Gasteiger partial charge in [-0.25, -0.2) is 15.8 Å². The van der Waals surface area contributed by atoms with Gasteiger partial charge in [0, 0.05) is 87.0 Å². The van der Waals surface area contributed by atoms with Crippen molar-refractivity contribution in [1.82, 2.24) is 29.9 Å². The van der Waals surface area contributed by atoms with E-state index in [0.29, 0.717) is 77.0 Å². The van der Waals surface area contributed by atoms with Crippen molar-refractivity contribution in [2.24, 2.45) is 23.7 Å². The Labute approximate surface area is 735 Å². The molecule has 2 aromatic heterocycles. The number of aliphatic hydroxyl groups excluding tert-OH is 2. The Morgan fingerprint density at radius 2 is 0.866 bits per heavy atom. The highest BCUT2D eigenvalue weighted by molar-refractivity contribution is 7.95. The van der Waals surface area contributed by atoms with Crippen LogP contribution in [0.25, 0.3) is 11.1 Å². The Balaban J connectivity index is 0.599. The lowest BCUT2D eigenvalue weighted by molar-refractivity contribution is -0.432. The molecule has 0 amide bonds. The number of likely N-dealkylation sites (N-methyl/N-ethyl adjacent to an activating group) is 2. The normalized spacial score (nSPS) is 19.6. The minimum Gasteiger partial charge on any atom is -0.369 e. The zero-order valence-electron chi connectivity index (χ0n) is 66.7. The molecule has 0 bridgehead atoms. The lowest BCUT2D eigenvalue weighted by Gasteiger charge is -2.39. The van der Waals surface area contributed by atoms with Gasteiger partial charge >= 0.3 is 0 Å². The van der Waals surface area contributed by atoms with E-state index in [-0.39, 0.29) is 182 Å². The second-order valence-corrected chi connectivity index (χ2v) is 37.3. The van der Waals surface area contributed by atoms with Gasteiger partial charge in [-0.1, -0.05) is 102 Å². The van der Waals surface area contributed by atoms with E-state index < -0.39 is 80.6 Å². The maximum atomic E-state index is 15.0. The monoisotopic (exact) mass is 1850 g/mol. The third kappa shape index (κ3) is 17.8. The molecule has 8 atom stereocenters. The summed E-state index contributed by atoms with van der Waals surface area (Å²) in [4.78, 5) is 86.8. The van der Waals surface area contributed by atoms with Crippen LogP contribution in [0.3, 0.4) is 0 Å². The van der Waals surface area contributed by atoms with Gasteiger partial charge in [0.2, 0.25) is 35.7 Å². The number of nitrogen functional groups attached to an aromatic ring is 2. The van der Waals surface area contributed by atoms with Crippen LogP contribution in [0, 0.1) is 23.7 Å². The molecule has 16 rings (SSSR count). The number of carbonyl (C=O) groups is 4. The van der Waals surface area contributed by atoms with E-state index in [1.165, 1.54) is 77.5 Å². The molecule has 660 valence electrons. The molecule has 8 aromatic carbocycles. The fourth-order valence-corrected chi connectivity index (χ4v) is 20.8. The first-order valence-corrected chi connectivity index (χ1v) is 45.3. The van der Waals surface area contributed by atoms with Crippen molar-refractivity contribution < 1.29 is 112 Å². The Bertz CT molecular complexity index is 6620. The molecule has 4 heterocycles. The molecule has 4 aliphatic carbocycles. The summed E-state index contributed by atoms with van der Waals surface area (Å²) in [7, 11) is -12.2. The van der Waals surface area contributed by atoms with E-state index >= 15 is 4.79 Å². The number of hydrogen-bond donors (Lipinski definition) is 16. The first kappa shape index (κ1) is 88.7. The van der Waals surface area contributed by atoms with E-state index in [1.54, 1.807) is 67.7 Å². The fraction of sp³-hybridized carbons (Fsp3) is 0.235. The summed E-state index contributed by atoms with van der Waals surface area (Å²) >= 11 is 1.25. The molecule has 127 heavy (non-hydrogen) atoms. The van der Waals surface area contributed by atoms with Crippen LogP contribution in [0.15, 0.2) is 186 Å². The molecule has 40 nitrogen and oxygen atoms in total. The molecule has 46 heteroatoms. The number of aromatic nitrogens is 6. The highest BCUT2D eigenvalue weighted by Crippen LogP contribution is 2.54. The number of benzene rings is 8. The summed E-state index contributed by atoms with van der Waals surface area (Å²) in [6, 6.07) is 33.6. The standard InChI is InChI=1S/C81H76N16O24S6/c1-36-27-38(19-21-48(36)86-78-90-76(82)92-80(94-78)88-53-33-54(60(126(110,111)112)35-59(53)124-121-118-106)85-51-24-26-57-67-63(45-16-6-8-18-47(45)73(101)65(51)67)69(75(103)97(57)4)71(99)41-12-10-14-43(31-41)125(107,108)109)29-39-20-22-49(37(2)28-39)87-79-91-77(83)93-81(95-79)89-55-32-52(58(123-120-117-105)34-61(55)127(113,114)115)84-50-23-25-56-66-62(44-15-5-7-17-46(44)72(100)64(50)66)68(74(102)96(56)3)70(98)40-11-9-13-42(30-40)122-119-116-104/h5-18,23-26,30-39,48-49,74-75,84-85,102-106H,19-22,27-29H2,1-4H3,(H,107,108,109)(H,110,111,112)(H,113,114,115)(H4,82,86,88,90,92,94)(H4,83,87,89,91,93,95). The number of fused-ring (bicyclic) bond motifs is 4. The number of aliphatic hydroxyl groups is 2. The molecule has 8 unspecified atom stereocenters. The van der Waals surface area contributed by atoms with Gasteiger partial charge in [0.1, 0.15) is 9.79 Å². The number of anilines is 14. The molecule has 18 N–H and O–H groups in total. The smallest absolute Gasteiger partial charge is 0.296 e. The lowest BCUT2D eigenvalue weighted by atomic mass is 9.70. The molecule has 2 fully saturated rings. The summed E-state index contributed by atoms with van der Waals surface area (Å²) in [6.07, 6.45) is 2.37. The first-order valence-electron chi connectivity index (χ1n) is 38.8. The molecule has 0 radical (unpaired) electrons. The van der Waals surface area contributed by atoms with Crippen molar-refractivity contribution in [3.63, 3.8) is 0 Å². The largest absolute Gasteiger partial charge is 0.369 e. The fourth-order valence-electron chi connectivity index (χ4n) is 17.5. The summed E-state index contributed by atoms with van der Waals surface area (Å²) in [5.41, 5.74) is 13.5. The molecule has 2 saturated carbocycles. The van der Waals surface area contributed by atoms with Gasteiger partial charge in [-0.15, -0.1) is 13.0 Å². The molecule has 0 spiro atoms. The van der Waals surface area contributed by atoms with Gasteiger partial charge < -0.3 is 63.4 Å². The number of rotatable bonds is 30. The van der Waals surface area contributed by atoms with E-state index in [4.69, 9.17) is 25.4 Å². The Morgan fingerprint density at radius 1 is 0.457 bits per heavy atom. The highest BCUT2D eigenvalue weighted by atomic mass is 32.2. The predicted octanol–water partition coefficient (Wildman–Crippen LogP) is 12.7. The summed E-state index contributed by atoms with van der Waals surface area (Å²) in [5.74, 6) is -2.63. The molecular formula is C81H76N16O24S6.